The first-order chi connectivity index (χ1) is 8.43. The molecule has 0 aliphatic rings. The minimum absolute atomic E-state index is 0.269. The average Bonchev–Trinajstić information content (AvgIpc) is 2.29. The highest BCUT2D eigenvalue weighted by molar-refractivity contribution is 5.95. The molecule has 0 saturated carbocycles. The van der Waals surface area contributed by atoms with Crippen molar-refractivity contribution >= 4 is 23.6 Å². The van der Waals surface area contributed by atoms with Gasteiger partial charge in [-0.25, -0.2) is 0 Å². The number of hydrogen-bond acceptors (Lipinski definition) is 4. The Morgan fingerprint density at radius 3 is 2.61 bits per heavy atom. The van der Waals surface area contributed by atoms with E-state index in [0.29, 0.717) is 11.3 Å². The molecule has 1 amide bonds. The molecule has 0 aliphatic heterocycles. The van der Waals surface area contributed by atoms with Gasteiger partial charge in [-0.3, -0.25) is 4.79 Å². The molecule has 5 heteroatoms. The summed E-state index contributed by atoms with van der Waals surface area (Å²) in [6.45, 7) is 3.18. The number of carbonyl (C=O) groups is 2. The monoisotopic (exact) mass is 247 g/mol. The predicted molar refractivity (Wildman–Crippen MR) is 67.0 cm³/mol. The minimum Gasteiger partial charge on any atom is -0.543 e. The second-order valence-corrected chi connectivity index (χ2v) is 3.84. The fourth-order valence-electron chi connectivity index (χ4n) is 1.52. The lowest BCUT2D eigenvalue weighted by atomic mass is 10.1. The Hall–Kier alpha value is -2.30. The Labute approximate surface area is 105 Å². The van der Waals surface area contributed by atoms with Crippen LogP contribution in [0.3, 0.4) is 0 Å². The van der Waals surface area contributed by atoms with E-state index in [1.54, 1.807) is 18.2 Å². The third-order valence-corrected chi connectivity index (χ3v) is 2.39. The minimum atomic E-state index is -1.43. The number of aliphatic carboxylic acids is 1. The van der Waals surface area contributed by atoms with Gasteiger partial charge < -0.3 is 21.0 Å². The number of carbonyl (C=O) groups excluding carboxylic acids is 2. The van der Waals surface area contributed by atoms with Crippen LogP contribution in [0.4, 0.5) is 5.69 Å². The summed E-state index contributed by atoms with van der Waals surface area (Å²) in [7, 11) is 0. The van der Waals surface area contributed by atoms with Crippen molar-refractivity contribution in [2.75, 3.05) is 5.73 Å². The van der Waals surface area contributed by atoms with Gasteiger partial charge in [0.25, 0.3) is 0 Å². The van der Waals surface area contributed by atoms with Crippen molar-refractivity contribution in [2.24, 2.45) is 0 Å². The maximum absolute atomic E-state index is 10.9. The maximum atomic E-state index is 10.9. The van der Waals surface area contributed by atoms with Gasteiger partial charge in [-0.1, -0.05) is 13.0 Å². The van der Waals surface area contributed by atoms with Crippen LogP contribution in [0.25, 0.3) is 6.08 Å². The third-order valence-electron chi connectivity index (χ3n) is 2.39. The van der Waals surface area contributed by atoms with Gasteiger partial charge in [0.2, 0.25) is 5.91 Å². The van der Waals surface area contributed by atoms with Crippen LogP contribution in [0, 0.1) is 0 Å². The lowest BCUT2D eigenvalue weighted by Gasteiger charge is -2.10. The van der Waals surface area contributed by atoms with Crippen LogP contribution in [0.1, 0.15) is 25.0 Å². The Balaban J connectivity index is 3.11. The fourth-order valence-corrected chi connectivity index (χ4v) is 1.52. The summed E-state index contributed by atoms with van der Waals surface area (Å²) in [4.78, 5) is 21.7. The van der Waals surface area contributed by atoms with Gasteiger partial charge >= 0.3 is 0 Å². The standard InChI is InChI=1S/C13H16N2O3/c1-3-10-6-9(4-5-11(10)14)7-12(13(17)18)15-8(2)16/h4-7H,3,14H2,1-2H3,(H,15,16)(H,17,18)/p-1/b12-7+. The van der Waals surface area contributed by atoms with E-state index in [4.69, 9.17) is 5.73 Å². The van der Waals surface area contributed by atoms with Gasteiger partial charge in [0.05, 0.1) is 11.7 Å². The predicted octanol–water partition coefficient (Wildman–Crippen LogP) is 0.0581. The molecule has 0 unspecified atom stereocenters. The SMILES string of the molecule is CCc1cc(/C=C(/NC(C)=O)C(=O)[O-])ccc1N. The van der Waals surface area contributed by atoms with E-state index in [1.165, 1.54) is 13.0 Å². The van der Waals surface area contributed by atoms with E-state index in [9.17, 15) is 14.7 Å². The zero-order chi connectivity index (χ0) is 13.7. The number of rotatable bonds is 4. The fraction of sp³-hybridized carbons (Fsp3) is 0.231. The number of nitrogens with two attached hydrogens (primary N) is 1. The Bertz CT molecular complexity index is 507. The third kappa shape index (κ3) is 3.62. The van der Waals surface area contributed by atoms with Crippen LogP contribution in [0.2, 0.25) is 0 Å². The normalized spacial score (nSPS) is 11.1. The van der Waals surface area contributed by atoms with Crippen LogP contribution in [-0.4, -0.2) is 11.9 Å². The number of aryl methyl sites for hydroxylation is 1. The number of benzene rings is 1. The molecule has 0 saturated heterocycles. The molecular formula is C13H15N2O3-. The van der Waals surface area contributed by atoms with Crippen molar-refractivity contribution in [1.82, 2.24) is 5.32 Å². The summed E-state index contributed by atoms with van der Waals surface area (Å²) in [5.74, 6) is -1.89. The Morgan fingerprint density at radius 2 is 2.11 bits per heavy atom. The molecule has 18 heavy (non-hydrogen) atoms. The zero-order valence-corrected chi connectivity index (χ0v) is 10.3. The molecule has 1 rings (SSSR count). The van der Waals surface area contributed by atoms with Crippen molar-refractivity contribution in [1.29, 1.82) is 0 Å². The zero-order valence-electron chi connectivity index (χ0n) is 10.3. The van der Waals surface area contributed by atoms with Gasteiger partial charge in [-0.2, -0.15) is 0 Å². The molecule has 0 bridgehead atoms. The summed E-state index contributed by atoms with van der Waals surface area (Å²) in [5, 5.41) is 13.1. The Kier molecular flexibility index (Phi) is 4.48. The van der Waals surface area contributed by atoms with E-state index in [0.717, 1.165) is 12.0 Å². The molecule has 0 aromatic heterocycles. The molecule has 1 aromatic rings. The number of carboxylic acid groups (broad SMARTS) is 1. The number of carboxylic acids is 1. The smallest absolute Gasteiger partial charge is 0.221 e. The van der Waals surface area contributed by atoms with Crippen molar-refractivity contribution in [3.63, 3.8) is 0 Å². The van der Waals surface area contributed by atoms with Crippen LogP contribution in [0.5, 0.6) is 0 Å². The molecule has 96 valence electrons. The highest BCUT2D eigenvalue weighted by atomic mass is 16.4. The molecule has 0 radical (unpaired) electrons. The van der Waals surface area contributed by atoms with Gasteiger partial charge in [0, 0.05) is 12.6 Å². The molecule has 0 aliphatic carbocycles. The van der Waals surface area contributed by atoms with Crippen molar-refractivity contribution in [3.8, 4) is 0 Å². The number of nitrogen functional groups attached to an aromatic ring is 1. The summed E-state index contributed by atoms with van der Waals surface area (Å²) >= 11 is 0. The van der Waals surface area contributed by atoms with E-state index >= 15 is 0 Å². The first-order valence-electron chi connectivity index (χ1n) is 5.53. The number of nitrogens with one attached hydrogen (secondary N) is 1. The molecule has 0 fully saturated rings. The van der Waals surface area contributed by atoms with E-state index in [-0.39, 0.29) is 5.70 Å². The first kappa shape index (κ1) is 13.8. The summed E-state index contributed by atoms with van der Waals surface area (Å²) in [5.41, 5.74) is 7.71. The summed E-state index contributed by atoms with van der Waals surface area (Å²) < 4.78 is 0. The van der Waals surface area contributed by atoms with Crippen LogP contribution in [-0.2, 0) is 16.0 Å². The van der Waals surface area contributed by atoms with Gasteiger partial charge in [-0.05, 0) is 35.8 Å². The molecule has 3 N–H and O–H groups in total. The number of amides is 1. The van der Waals surface area contributed by atoms with Gasteiger partial charge in [0.15, 0.2) is 0 Å². The van der Waals surface area contributed by atoms with E-state index in [1.807, 2.05) is 6.92 Å². The molecule has 5 nitrogen and oxygen atoms in total. The maximum Gasteiger partial charge on any atom is 0.221 e. The lowest BCUT2D eigenvalue weighted by Crippen LogP contribution is -2.34. The van der Waals surface area contributed by atoms with E-state index < -0.39 is 11.9 Å². The van der Waals surface area contributed by atoms with Crippen LogP contribution < -0.4 is 16.2 Å². The van der Waals surface area contributed by atoms with Crippen molar-refractivity contribution in [3.05, 3.63) is 35.0 Å². The Morgan fingerprint density at radius 1 is 1.44 bits per heavy atom. The highest BCUT2D eigenvalue weighted by Crippen LogP contribution is 2.16. The van der Waals surface area contributed by atoms with Gasteiger partial charge in [-0.15, -0.1) is 0 Å². The summed E-state index contributed by atoms with van der Waals surface area (Å²) in [6, 6.07) is 5.16. The van der Waals surface area contributed by atoms with Gasteiger partial charge in [0.1, 0.15) is 0 Å². The topological polar surface area (TPSA) is 95.2 Å². The van der Waals surface area contributed by atoms with E-state index in [2.05, 4.69) is 5.32 Å². The lowest BCUT2D eigenvalue weighted by molar-refractivity contribution is -0.299. The average molecular weight is 247 g/mol. The molecule has 0 heterocycles. The van der Waals surface area contributed by atoms with Crippen LogP contribution in [0.15, 0.2) is 23.9 Å². The summed E-state index contributed by atoms with van der Waals surface area (Å²) in [6.07, 6.45) is 2.09. The molecule has 0 atom stereocenters. The first-order valence-corrected chi connectivity index (χ1v) is 5.53. The second kappa shape index (κ2) is 5.86. The van der Waals surface area contributed by atoms with Crippen molar-refractivity contribution < 1.29 is 14.7 Å². The second-order valence-electron chi connectivity index (χ2n) is 3.84. The molecule has 1 aromatic carbocycles. The molecular weight excluding hydrogens is 232 g/mol. The molecule has 0 spiro atoms. The highest BCUT2D eigenvalue weighted by Gasteiger charge is 2.03. The number of anilines is 1. The van der Waals surface area contributed by atoms with Crippen LogP contribution >= 0.6 is 0 Å². The quantitative estimate of drug-likeness (QED) is 0.581. The largest absolute Gasteiger partial charge is 0.543 e. The van der Waals surface area contributed by atoms with Crippen molar-refractivity contribution in [2.45, 2.75) is 20.3 Å². The number of hydrogen-bond donors (Lipinski definition) is 2.